The van der Waals surface area contributed by atoms with Gasteiger partial charge in [0.05, 0.1) is 69.1 Å². The highest BCUT2D eigenvalue weighted by atomic mass is 16.6. The van der Waals surface area contributed by atoms with Gasteiger partial charge in [0.2, 0.25) is 0 Å². The summed E-state index contributed by atoms with van der Waals surface area (Å²) in [6, 6.07) is 2.17. The van der Waals surface area contributed by atoms with Gasteiger partial charge in [-0.2, -0.15) is 0 Å². The molecule has 304 valence electrons. The van der Waals surface area contributed by atoms with Gasteiger partial charge in [-0.05, 0) is 39.8 Å². The van der Waals surface area contributed by atoms with Gasteiger partial charge >= 0.3 is 23.9 Å². The number of rotatable bonds is 16. The Morgan fingerprint density at radius 1 is 0.429 bits per heavy atom. The maximum absolute atomic E-state index is 15.2. The zero-order valence-corrected chi connectivity index (χ0v) is 33.3. The van der Waals surface area contributed by atoms with E-state index < -0.39 is 81.5 Å². The van der Waals surface area contributed by atoms with E-state index in [9.17, 15) is 0 Å². The molecular weight excluding hydrogens is 732 g/mol. The van der Waals surface area contributed by atoms with Crippen molar-refractivity contribution in [2.45, 2.75) is 63.7 Å². The van der Waals surface area contributed by atoms with Crippen LogP contribution in [0.3, 0.4) is 0 Å². The number of piperidine rings is 4. The van der Waals surface area contributed by atoms with Gasteiger partial charge in [0.25, 0.3) is 0 Å². The van der Waals surface area contributed by atoms with Crippen LogP contribution in [0.5, 0.6) is 34.5 Å². The fraction of sp³-hybridized carbons (Fsp3) is 0.600. The summed E-state index contributed by atoms with van der Waals surface area (Å²) in [6.45, 7) is 6.68. The number of esters is 4. The lowest BCUT2D eigenvalue weighted by atomic mass is 9.16. The molecule has 2 saturated carbocycles. The summed E-state index contributed by atoms with van der Waals surface area (Å²) in [5, 5.41) is 7.15. The minimum absolute atomic E-state index is 0.0127. The average Bonchev–Trinajstić information content (AvgIpc) is 3.18. The first-order valence-corrected chi connectivity index (χ1v) is 18.8. The lowest BCUT2D eigenvalue weighted by molar-refractivity contribution is -0.367. The standard InChI is InChI=1S/C40H50N2O14/c1-11-53-33(43)37-27(19-15-23(49-7)25(51-9)17-21(19)47-5)38(34(44)54-12-2)31-40(36(46)56-14-4)28(20-16-24(50-8)26(52-10)18-22(20)48-6)39(29(37)41-31,35(45)55-13-3)30(37)42-32(38)40/h15-18,27-32,41-42H,11-14H2,1-10H3. The zero-order chi connectivity index (χ0) is 40.5. The molecule has 0 aromatic heterocycles. The molecule has 2 N–H and O–H groups in total. The van der Waals surface area contributed by atoms with Gasteiger partial charge < -0.3 is 58.0 Å². The Morgan fingerprint density at radius 3 is 0.875 bits per heavy atom. The van der Waals surface area contributed by atoms with Crippen molar-refractivity contribution >= 4 is 23.9 Å². The quantitative estimate of drug-likeness (QED) is 0.187. The molecule has 2 aromatic carbocycles. The molecule has 0 unspecified atom stereocenters. The number of nitrogens with one attached hydrogen (secondary N) is 2. The van der Waals surface area contributed by atoms with E-state index in [-0.39, 0.29) is 37.9 Å². The lowest BCUT2D eigenvalue weighted by Gasteiger charge is -2.91. The van der Waals surface area contributed by atoms with Crippen molar-refractivity contribution in [1.82, 2.24) is 10.6 Å². The van der Waals surface area contributed by atoms with Crippen LogP contribution in [-0.2, 0) is 38.1 Å². The van der Waals surface area contributed by atoms with Gasteiger partial charge in [0.15, 0.2) is 23.0 Å². The van der Waals surface area contributed by atoms with Crippen molar-refractivity contribution in [3.8, 4) is 34.5 Å². The summed E-state index contributed by atoms with van der Waals surface area (Å²) in [5.41, 5.74) is -6.04. The number of carbonyl (C=O) groups excluding carboxylic acids is 4. The van der Waals surface area contributed by atoms with Crippen molar-refractivity contribution in [1.29, 1.82) is 0 Å². The van der Waals surface area contributed by atoms with Crippen molar-refractivity contribution in [2.24, 2.45) is 21.7 Å². The van der Waals surface area contributed by atoms with Gasteiger partial charge in [-0.1, -0.05) is 0 Å². The van der Waals surface area contributed by atoms with Crippen LogP contribution in [0.25, 0.3) is 0 Å². The molecule has 4 aliphatic heterocycles. The van der Waals surface area contributed by atoms with Crippen molar-refractivity contribution < 1.29 is 66.5 Å². The molecule has 0 amide bonds. The van der Waals surface area contributed by atoms with E-state index in [1.54, 1.807) is 52.0 Å². The Bertz CT molecular complexity index is 1720. The van der Waals surface area contributed by atoms with E-state index in [1.807, 2.05) is 0 Å². The second-order valence-electron chi connectivity index (χ2n) is 14.4. The number of benzene rings is 2. The van der Waals surface area contributed by atoms with Gasteiger partial charge in [-0.3, -0.25) is 19.2 Å². The molecule has 16 nitrogen and oxygen atoms in total. The number of hydrogen-bond donors (Lipinski definition) is 2. The Morgan fingerprint density at radius 2 is 0.661 bits per heavy atom. The van der Waals surface area contributed by atoms with Gasteiger partial charge in [-0.15, -0.1) is 0 Å². The summed E-state index contributed by atoms with van der Waals surface area (Å²) in [6.07, 6.45) is 0. The average molecular weight is 783 g/mol. The SMILES string of the molecule is CCOC(=O)C12C3NC4C(C(=O)OCC)(C5NC1C3(C(=O)OCC)C(c1cc(OC)c(OC)cc1OC)C45C(=O)OCC)C2c1cc(OC)c(OC)cc1OC. The maximum atomic E-state index is 15.2. The van der Waals surface area contributed by atoms with E-state index >= 15 is 19.2 Å². The zero-order valence-electron chi connectivity index (χ0n) is 33.3. The van der Waals surface area contributed by atoms with Crippen molar-refractivity contribution in [3.63, 3.8) is 0 Å². The monoisotopic (exact) mass is 782 g/mol. The largest absolute Gasteiger partial charge is 0.496 e. The summed E-state index contributed by atoms with van der Waals surface area (Å²) >= 11 is 0. The smallest absolute Gasteiger partial charge is 0.316 e. The van der Waals surface area contributed by atoms with E-state index in [1.165, 1.54) is 42.7 Å². The topological polar surface area (TPSA) is 185 Å². The second-order valence-corrected chi connectivity index (χ2v) is 14.4. The molecule has 2 aromatic rings. The van der Waals surface area contributed by atoms with Crippen molar-refractivity contribution in [2.75, 3.05) is 69.1 Å². The van der Waals surface area contributed by atoms with Crippen molar-refractivity contribution in [3.05, 3.63) is 35.4 Å². The summed E-state index contributed by atoms with van der Waals surface area (Å²) < 4.78 is 58.6. The predicted octanol–water partition coefficient (Wildman–Crippen LogP) is 2.53. The van der Waals surface area contributed by atoms with Gasteiger partial charge in [0, 0.05) is 59.3 Å². The highest BCUT2D eigenvalue weighted by molar-refractivity contribution is 6.03. The molecule has 6 aliphatic rings. The van der Waals surface area contributed by atoms with Gasteiger partial charge in [-0.25, -0.2) is 0 Å². The van der Waals surface area contributed by atoms with Crippen LogP contribution in [0.1, 0.15) is 50.7 Å². The third kappa shape index (κ3) is 4.26. The molecule has 4 heterocycles. The highest BCUT2D eigenvalue weighted by Crippen LogP contribution is 2.89. The minimum atomic E-state index is -1.71. The fourth-order valence-corrected chi connectivity index (χ4v) is 11.6. The van der Waals surface area contributed by atoms with Gasteiger partial charge in [0.1, 0.15) is 33.2 Å². The summed E-state index contributed by atoms with van der Waals surface area (Å²) in [4.78, 5) is 60.7. The number of methoxy groups -OCH3 is 6. The summed E-state index contributed by atoms with van der Waals surface area (Å²) in [5.74, 6) is -3.11. The van der Waals surface area contributed by atoms with E-state index in [2.05, 4.69) is 10.6 Å². The Balaban J connectivity index is 1.66. The molecule has 0 spiro atoms. The van der Waals surface area contributed by atoms with Crippen LogP contribution < -0.4 is 39.1 Å². The molecule has 0 radical (unpaired) electrons. The first-order chi connectivity index (χ1) is 27.0. The molecule has 4 saturated heterocycles. The fourth-order valence-electron chi connectivity index (χ4n) is 11.6. The molecule has 8 rings (SSSR count). The third-order valence-corrected chi connectivity index (χ3v) is 13.0. The minimum Gasteiger partial charge on any atom is -0.496 e. The van der Waals surface area contributed by atoms with Crippen LogP contribution in [-0.4, -0.2) is 117 Å². The van der Waals surface area contributed by atoms with E-state index in [0.29, 0.717) is 34.1 Å². The highest BCUT2D eigenvalue weighted by Gasteiger charge is 3.04. The first-order valence-electron chi connectivity index (χ1n) is 18.8. The predicted molar refractivity (Wildman–Crippen MR) is 195 cm³/mol. The Kier molecular flexibility index (Phi) is 9.75. The molecule has 2 aliphatic carbocycles. The van der Waals surface area contributed by atoms with E-state index in [4.69, 9.17) is 47.4 Å². The second kappa shape index (κ2) is 13.9. The molecule has 16 heteroatoms. The Labute approximate surface area is 325 Å². The molecular formula is C40H50N2O14. The molecule has 56 heavy (non-hydrogen) atoms. The van der Waals surface area contributed by atoms with Crippen LogP contribution in [0.15, 0.2) is 24.3 Å². The molecule has 6 fully saturated rings. The lowest BCUT2D eigenvalue weighted by Crippen LogP contribution is -3.09. The number of ether oxygens (including phenoxy) is 10. The van der Waals surface area contributed by atoms with Crippen LogP contribution in [0.4, 0.5) is 0 Å². The number of carbonyl (C=O) groups is 4. The Hall–Kier alpha value is -4.96. The third-order valence-electron chi connectivity index (χ3n) is 13.0. The van der Waals surface area contributed by atoms with Crippen LogP contribution in [0.2, 0.25) is 0 Å². The number of hydrogen-bond acceptors (Lipinski definition) is 16. The maximum Gasteiger partial charge on any atom is 0.316 e. The molecule has 8 bridgehead atoms. The normalized spacial score (nSPS) is 33.5. The van der Waals surface area contributed by atoms with Crippen LogP contribution in [0, 0.1) is 21.7 Å². The summed E-state index contributed by atoms with van der Waals surface area (Å²) in [7, 11) is 8.83. The van der Waals surface area contributed by atoms with E-state index in [0.717, 1.165) is 0 Å². The van der Waals surface area contributed by atoms with Crippen LogP contribution >= 0.6 is 0 Å². The first kappa shape index (κ1) is 39.3. The molecule has 0 atom stereocenters.